The number of para-hydroxylation sites is 2. The van der Waals surface area contributed by atoms with E-state index in [2.05, 4.69) is 67.2 Å². The van der Waals surface area contributed by atoms with Crippen molar-refractivity contribution in [3.05, 3.63) is 54.4 Å². The molecule has 6 rings (SSSR count). The monoisotopic (exact) mass is 372 g/mol. The number of benzene rings is 1. The molecule has 0 amide bonds. The van der Waals surface area contributed by atoms with E-state index in [1.165, 1.54) is 50.5 Å². The van der Waals surface area contributed by atoms with E-state index in [1.54, 1.807) is 5.57 Å². The Kier molecular flexibility index (Phi) is 3.56. The van der Waals surface area contributed by atoms with Crippen LogP contribution in [0.5, 0.6) is 0 Å². The van der Waals surface area contributed by atoms with Gasteiger partial charge < -0.3 is 4.57 Å². The molecule has 2 fully saturated rings. The van der Waals surface area contributed by atoms with Crippen molar-refractivity contribution in [2.45, 2.75) is 64.8 Å². The van der Waals surface area contributed by atoms with Gasteiger partial charge in [0.1, 0.15) is 0 Å². The summed E-state index contributed by atoms with van der Waals surface area (Å²) in [6.07, 6.45) is 19.4. The standard InChI is InChI=1S/C26H32N2/c1-25-13-7-9-19(25)24-20(12-15-25)26(2)14-6-5-8-18(26)16-23(24)28-17-27-21-10-3-4-11-22(21)28/h3-4,7,10-11,13,16-17,19-20,23-24H,5-6,8-9,12,14-15H2,1-2H3/t19-,20-,23?,24-,25-,26-/m0/s1. The first-order valence-electron chi connectivity index (χ1n) is 11.4. The van der Waals surface area contributed by atoms with Crippen LogP contribution >= 0.6 is 0 Å². The summed E-state index contributed by atoms with van der Waals surface area (Å²) in [7, 11) is 0. The zero-order valence-electron chi connectivity index (χ0n) is 17.3. The zero-order chi connectivity index (χ0) is 18.9. The molecule has 0 N–H and O–H groups in total. The van der Waals surface area contributed by atoms with E-state index in [4.69, 9.17) is 4.98 Å². The summed E-state index contributed by atoms with van der Waals surface area (Å²) >= 11 is 0. The number of aromatic nitrogens is 2. The van der Waals surface area contributed by atoms with Crippen LogP contribution in [0.2, 0.25) is 0 Å². The molecule has 1 aromatic heterocycles. The van der Waals surface area contributed by atoms with Crippen LogP contribution < -0.4 is 0 Å². The SMILES string of the molecule is C[C@@]12C=CC[C@H]1[C@@H]1C(n3cnc4ccccc43)C=C3CCCC[C@]3(C)[C@H]1CC2. The molecule has 0 radical (unpaired) electrons. The second-order valence-electron chi connectivity index (χ2n) is 10.4. The van der Waals surface area contributed by atoms with Crippen LogP contribution in [0.4, 0.5) is 0 Å². The molecule has 2 saturated carbocycles. The lowest BCUT2D eigenvalue weighted by molar-refractivity contribution is -0.0338. The molecule has 0 bridgehead atoms. The minimum atomic E-state index is 0.395. The van der Waals surface area contributed by atoms with Crippen molar-refractivity contribution < 1.29 is 0 Å². The van der Waals surface area contributed by atoms with Gasteiger partial charge in [0.2, 0.25) is 0 Å². The number of rotatable bonds is 1. The van der Waals surface area contributed by atoms with Crippen molar-refractivity contribution in [3.8, 4) is 0 Å². The van der Waals surface area contributed by atoms with E-state index in [9.17, 15) is 0 Å². The fraction of sp³-hybridized carbons (Fsp3) is 0.577. The van der Waals surface area contributed by atoms with Gasteiger partial charge in [-0.15, -0.1) is 0 Å². The third-order valence-electron chi connectivity index (χ3n) is 9.17. The van der Waals surface area contributed by atoms with Gasteiger partial charge in [0, 0.05) is 0 Å². The van der Waals surface area contributed by atoms with Crippen molar-refractivity contribution >= 4 is 11.0 Å². The molecule has 28 heavy (non-hydrogen) atoms. The van der Waals surface area contributed by atoms with Gasteiger partial charge in [0.15, 0.2) is 0 Å². The zero-order valence-corrected chi connectivity index (χ0v) is 17.3. The third-order valence-corrected chi connectivity index (χ3v) is 9.17. The van der Waals surface area contributed by atoms with E-state index in [0.29, 0.717) is 16.9 Å². The maximum absolute atomic E-state index is 4.77. The molecule has 1 aromatic carbocycles. The van der Waals surface area contributed by atoms with E-state index < -0.39 is 0 Å². The third kappa shape index (κ3) is 2.18. The highest BCUT2D eigenvalue weighted by Crippen LogP contribution is 2.65. The number of hydrogen-bond acceptors (Lipinski definition) is 1. The lowest BCUT2D eigenvalue weighted by Crippen LogP contribution is -2.51. The highest BCUT2D eigenvalue weighted by Gasteiger charge is 2.57. The molecule has 0 saturated heterocycles. The van der Waals surface area contributed by atoms with E-state index in [0.717, 1.165) is 23.3 Å². The first-order chi connectivity index (χ1) is 13.6. The predicted octanol–water partition coefficient (Wildman–Crippen LogP) is 6.71. The molecule has 2 heteroatoms. The summed E-state index contributed by atoms with van der Waals surface area (Å²) in [6, 6.07) is 9.16. The molecule has 6 atom stereocenters. The summed E-state index contributed by atoms with van der Waals surface area (Å²) in [5, 5.41) is 0. The van der Waals surface area contributed by atoms with Crippen molar-refractivity contribution in [1.29, 1.82) is 0 Å². The van der Waals surface area contributed by atoms with Gasteiger partial charge in [0.25, 0.3) is 0 Å². The second kappa shape index (κ2) is 5.84. The smallest absolute Gasteiger partial charge is 0.0964 e. The molecule has 2 nitrogen and oxygen atoms in total. The fourth-order valence-electron chi connectivity index (χ4n) is 7.65. The summed E-state index contributed by atoms with van der Waals surface area (Å²) in [5.41, 5.74) is 5.03. The van der Waals surface area contributed by atoms with Gasteiger partial charge in [-0.1, -0.05) is 56.2 Å². The molecule has 4 aliphatic rings. The number of nitrogens with zero attached hydrogens (tertiary/aromatic N) is 2. The Hall–Kier alpha value is -1.83. The van der Waals surface area contributed by atoms with Crippen molar-refractivity contribution in [2.75, 3.05) is 0 Å². The molecule has 4 aliphatic carbocycles. The molecule has 1 unspecified atom stereocenters. The quantitative estimate of drug-likeness (QED) is 0.509. The Morgan fingerprint density at radius 1 is 1.07 bits per heavy atom. The summed E-state index contributed by atoms with van der Waals surface area (Å²) in [6.45, 7) is 5.14. The maximum atomic E-state index is 4.77. The van der Waals surface area contributed by atoms with E-state index in [1.807, 2.05) is 0 Å². The molecule has 0 spiro atoms. The molecular weight excluding hydrogens is 340 g/mol. The topological polar surface area (TPSA) is 17.8 Å². The molecular formula is C26H32N2. The Balaban J connectivity index is 1.55. The largest absolute Gasteiger partial charge is 0.323 e. The average Bonchev–Trinajstić information content (AvgIpc) is 3.30. The van der Waals surface area contributed by atoms with Crippen molar-refractivity contribution in [1.82, 2.24) is 9.55 Å². The number of imidazole rings is 1. The summed E-state index contributed by atoms with van der Waals surface area (Å²) < 4.78 is 2.53. The highest BCUT2D eigenvalue weighted by molar-refractivity contribution is 5.75. The second-order valence-corrected chi connectivity index (χ2v) is 10.4. The average molecular weight is 373 g/mol. The minimum absolute atomic E-state index is 0.395. The first-order valence-corrected chi connectivity index (χ1v) is 11.4. The summed E-state index contributed by atoms with van der Waals surface area (Å²) in [4.78, 5) is 4.77. The van der Waals surface area contributed by atoms with Crippen LogP contribution in [0.15, 0.2) is 54.4 Å². The Labute approximate surface area is 168 Å². The number of hydrogen-bond donors (Lipinski definition) is 0. The van der Waals surface area contributed by atoms with Crippen LogP contribution in [0.3, 0.4) is 0 Å². The lowest BCUT2D eigenvalue weighted by Gasteiger charge is -2.59. The van der Waals surface area contributed by atoms with Crippen LogP contribution in [0, 0.1) is 28.6 Å². The minimum Gasteiger partial charge on any atom is -0.323 e. The van der Waals surface area contributed by atoms with Gasteiger partial charge in [-0.25, -0.2) is 4.98 Å². The summed E-state index contributed by atoms with van der Waals surface area (Å²) in [5.74, 6) is 2.31. The van der Waals surface area contributed by atoms with Gasteiger partial charge in [-0.2, -0.15) is 0 Å². The Morgan fingerprint density at radius 2 is 1.96 bits per heavy atom. The fourth-order valence-corrected chi connectivity index (χ4v) is 7.65. The van der Waals surface area contributed by atoms with Crippen LogP contribution in [0.25, 0.3) is 11.0 Å². The maximum Gasteiger partial charge on any atom is 0.0964 e. The molecule has 146 valence electrons. The van der Waals surface area contributed by atoms with Crippen LogP contribution in [-0.4, -0.2) is 9.55 Å². The van der Waals surface area contributed by atoms with E-state index in [-0.39, 0.29) is 0 Å². The number of fused-ring (bicyclic) bond motifs is 6. The van der Waals surface area contributed by atoms with Crippen LogP contribution in [0.1, 0.15) is 64.8 Å². The number of allylic oxidation sites excluding steroid dienone is 4. The Morgan fingerprint density at radius 3 is 2.89 bits per heavy atom. The highest BCUT2D eigenvalue weighted by atomic mass is 15.1. The van der Waals surface area contributed by atoms with Crippen molar-refractivity contribution in [2.24, 2.45) is 28.6 Å². The van der Waals surface area contributed by atoms with Crippen LogP contribution in [-0.2, 0) is 0 Å². The lowest BCUT2D eigenvalue weighted by atomic mass is 9.47. The van der Waals surface area contributed by atoms with Crippen molar-refractivity contribution in [3.63, 3.8) is 0 Å². The van der Waals surface area contributed by atoms with Gasteiger partial charge >= 0.3 is 0 Å². The normalized spacial score (nSPS) is 42.0. The van der Waals surface area contributed by atoms with Gasteiger partial charge in [-0.3, -0.25) is 0 Å². The molecule has 1 heterocycles. The predicted molar refractivity (Wildman–Crippen MR) is 115 cm³/mol. The first kappa shape index (κ1) is 17.1. The van der Waals surface area contributed by atoms with E-state index >= 15 is 0 Å². The van der Waals surface area contributed by atoms with Gasteiger partial charge in [0.05, 0.1) is 23.4 Å². The molecule has 2 aromatic rings. The molecule has 0 aliphatic heterocycles. The Bertz CT molecular complexity index is 981. The van der Waals surface area contributed by atoms with Gasteiger partial charge in [-0.05, 0) is 79.2 Å².